The average molecular weight is 369 g/mol. The summed E-state index contributed by atoms with van der Waals surface area (Å²) in [4.78, 5) is 27.6. The summed E-state index contributed by atoms with van der Waals surface area (Å²) >= 11 is 0. The number of amides is 2. The van der Waals surface area contributed by atoms with Crippen LogP contribution < -0.4 is 10.6 Å². The highest BCUT2D eigenvalue weighted by molar-refractivity contribution is 5.96. The smallest absolute Gasteiger partial charge is 0.270 e. The van der Waals surface area contributed by atoms with Crippen LogP contribution in [0.5, 0.6) is 0 Å². The van der Waals surface area contributed by atoms with Gasteiger partial charge in [-0.25, -0.2) is 22.5 Å². The molecule has 0 aliphatic carbocycles. The zero-order valence-corrected chi connectivity index (χ0v) is 13.9. The lowest BCUT2D eigenvalue weighted by Crippen LogP contribution is -2.28. The molecule has 9 heteroatoms. The second-order valence-electron chi connectivity index (χ2n) is 5.31. The number of nitrogens with zero attached hydrogens (tertiary/aromatic N) is 1. The third-order valence-corrected chi connectivity index (χ3v) is 3.55. The van der Waals surface area contributed by atoms with Gasteiger partial charge in [0.1, 0.15) is 11.4 Å². The molecule has 0 spiro atoms. The van der Waals surface area contributed by atoms with Gasteiger partial charge < -0.3 is 10.6 Å². The normalized spacial score (nSPS) is 10.5. The van der Waals surface area contributed by atoms with Crippen molar-refractivity contribution in [1.82, 2.24) is 15.6 Å². The third kappa shape index (κ3) is 3.81. The van der Waals surface area contributed by atoms with Crippen molar-refractivity contribution in [3.05, 3.63) is 64.0 Å². The Labute approximate surface area is 146 Å². The standard InChI is InChI=1S/C17H15F4N3O2/c1-3-22-16(25)10-5-4-6-11(24-10)17(26)23-7-9-14(20)12(18)8(2)13(19)15(9)21/h4-6H,3,7H2,1-2H3,(H,22,25)(H,23,26). The monoisotopic (exact) mass is 369 g/mol. The van der Waals surface area contributed by atoms with Crippen LogP contribution in [0.1, 0.15) is 39.0 Å². The minimum atomic E-state index is -1.58. The molecule has 2 aromatic rings. The highest BCUT2D eigenvalue weighted by Crippen LogP contribution is 2.23. The number of aromatic nitrogens is 1. The Hall–Kier alpha value is -2.97. The van der Waals surface area contributed by atoms with Crippen molar-refractivity contribution in [3.8, 4) is 0 Å². The summed E-state index contributed by atoms with van der Waals surface area (Å²) in [6.45, 7) is 2.17. The molecule has 2 N–H and O–H groups in total. The second-order valence-corrected chi connectivity index (χ2v) is 5.31. The van der Waals surface area contributed by atoms with Crippen LogP contribution in [-0.2, 0) is 6.54 Å². The van der Waals surface area contributed by atoms with E-state index in [-0.39, 0.29) is 11.4 Å². The predicted octanol–water partition coefficient (Wildman–Crippen LogP) is 2.63. The lowest BCUT2D eigenvalue weighted by Gasteiger charge is -2.11. The van der Waals surface area contributed by atoms with Crippen LogP contribution in [0.3, 0.4) is 0 Å². The molecule has 26 heavy (non-hydrogen) atoms. The number of benzene rings is 1. The second kappa shape index (κ2) is 7.94. The number of carbonyl (C=O) groups excluding carboxylic acids is 2. The van der Waals surface area contributed by atoms with Crippen LogP contribution in [0.15, 0.2) is 18.2 Å². The van der Waals surface area contributed by atoms with Gasteiger partial charge in [0.15, 0.2) is 23.3 Å². The minimum Gasteiger partial charge on any atom is -0.351 e. The van der Waals surface area contributed by atoms with Crippen molar-refractivity contribution in [1.29, 1.82) is 0 Å². The van der Waals surface area contributed by atoms with Crippen molar-refractivity contribution < 1.29 is 27.2 Å². The molecular weight excluding hydrogens is 354 g/mol. The molecule has 0 saturated carbocycles. The maximum Gasteiger partial charge on any atom is 0.270 e. The van der Waals surface area contributed by atoms with E-state index in [1.165, 1.54) is 18.2 Å². The molecule has 0 aliphatic rings. The van der Waals surface area contributed by atoms with Crippen LogP contribution in [0.4, 0.5) is 17.6 Å². The third-order valence-electron chi connectivity index (χ3n) is 3.55. The molecule has 0 radical (unpaired) electrons. The van der Waals surface area contributed by atoms with Crippen LogP contribution in [-0.4, -0.2) is 23.3 Å². The van der Waals surface area contributed by atoms with Crippen LogP contribution in [0.25, 0.3) is 0 Å². The van der Waals surface area contributed by atoms with E-state index in [9.17, 15) is 27.2 Å². The molecule has 2 amide bonds. The predicted molar refractivity (Wildman–Crippen MR) is 84.4 cm³/mol. The fourth-order valence-electron chi connectivity index (χ4n) is 2.14. The van der Waals surface area contributed by atoms with Crippen molar-refractivity contribution in [2.45, 2.75) is 20.4 Å². The van der Waals surface area contributed by atoms with Crippen molar-refractivity contribution in [2.75, 3.05) is 6.54 Å². The lowest BCUT2D eigenvalue weighted by molar-refractivity contribution is 0.0942. The molecule has 1 aromatic carbocycles. The van der Waals surface area contributed by atoms with Crippen molar-refractivity contribution in [3.63, 3.8) is 0 Å². The van der Waals surface area contributed by atoms with Crippen LogP contribution in [0.2, 0.25) is 0 Å². The first-order valence-corrected chi connectivity index (χ1v) is 7.62. The van der Waals surface area contributed by atoms with Gasteiger partial charge in [-0.1, -0.05) is 6.07 Å². The number of nitrogens with one attached hydrogen (secondary N) is 2. The molecule has 1 heterocycles. The summed E-state index contributed by atoms with van der Waals surface area (Å²) in [5, 5.41) is 4.63. The van der Waals surface area contributed by atoms with Gasteiger partial charge in [0.25, 0.3) is 11.8 Å². The summed E-state index contributed by atoms with van der Waals surface area (Å²) in [7, 11) is 0. The van der Waals surface area contributed by atoms with E-state index in [1.54, 1.807) is 6.92 Å². The number of rotatable bonds is 5. The first kappa shape index (κ1) is 19.4. The average Bonchev–Trinajstić information content (AvgIpc) is 2.65. The topological polar surface area (TPSA) is 71.1 Å². The number of halogens is 4. The van der Waals surface area contributed by atoms with Crippen LogP contribution >= 0.6 is 0 Å². The van der Waals surface area contributed by atoms with Gasteiger partial charge in [-0.05, 0) is 26.0 Å². The van der Waals surface area contributed by atoms with E-state index >= 15 is 0 Å². The molecule has 0 atom stereocenters. The maximum absolute atomic E-state index is 13.8. The summed E-state index contributed by atoms with van der Waals surface area (Å²) < 4.78 is 54.7. The summed E-state index contributed by atoms with van der Waals surface area (Å²) in [6.07, 6.45) is 0. The van der Waals surface area contributed by atoms with Gasteiger partial charge in [-0.3, -0.25) is 9.59 Å². The molecule has 0 bridgehead atoms. The van der Waals surface area contributed by atoms with E-state index in [0.717, 1.165) is 6.92 Å². The van der Waals surface area contributed by atoms with Crippen molar-refractivity contribution in [2.24, 2.45) is 0 Å². The van der Waals surface area contributed by atoms with E-state index in [2.05, 4.69) is 15.6 Å². The summed E-state index contributed by atoms with van der Waals surface area (Å²) in [6, 6.07) is 4.06. The van der Waals surface area contributed by atoms with Gasteiger partial charge in [0, 0.05) is 24.2 Å². The Morgan fingerprint density at radius 2 is 1.42 bits per heavy atom. The van der Waals surface area contributed by atoms with Gasteiger partial charge in [-0.15, -0.1) is 0 Å². The largest absolute Gasteiger partial charge is 0.351 e. The number of pyridine rings is 1. The number of carbonyl (C=O) groups is 2. The van der Waals surface area contributed by atoms with Crippen molar-refractivity contribution >= 4 is 11.8 Å². The van der Waals surface area contributed by atoms with E-state index in [1.807, 2.05) is 0 Å². The molecule has 0 aliphatic heterocycles. The highest BCUT2D eigenvalue weighted by atomic mass is 19.2. The Morgan fingerprint density at radius 3 is 1.92 bits per heavy atom. The fraction of sp³-hybridized carbons (Fsp3) is 0.235. The Kier molecular flexibility index (Phi) is 5.91. The SMILES string of the molecule is CCNC(=O)c1cccc(C(=O)NCc2c(F)c(F)c(C)c(F)c2F)n1. The van der Waals surface area contributed by atoms with Crippen LogP contribution in [0, 0.1) is 30.2 Å². The molecule has 0 unspecified atom stereocenters. The van der Waals surface area contributed by atoms with Gasteiger partial charge in [-0.2, -0.15) is 0 Å². The fourth-order valence-corrected chi connectivity index (χ4v) is 2.14. The van der Waals surface area contributed by atoms with E-state index in [4.69, 9.17) is 0 Å². The highest BCUT2D eigenvalue weighted by Gasteiger charge is 2.23. The Morgan fingerprint density at radius 1 is 0.923 bits per heavy atom. The molecule has 0 fully saturated rings. The molecule has 1 aromatic heterocycles. The van der Waals surface area contributed by atoms with E-state index < -0.39 is 52.8 Å². The first-order valence-electron chi connectivity index (χ1n) is 7.62. The summed E-state index contributed by atoms with van der Waals surface area (Å²) in [5.41, 5.74) is -1.95. The number of hydrogen-bond acceptors (Lipinski definition) is 3. The zero-order valence-electron chi connectivity index (χ0n) is 13.9. The molecule has 5 nitrogen and oxygen atoms in total. The van der Waals surface area contributed by atoms with Gasteiger partial charge in [0.2, 0.25) is 0 Å². The zero-order chi connectivity index (χ0) is 19.4. The Bertz CT molecular complexity index is 842. The minimum absolute atomic E-state index is 0.0238. The molecule has 0 saturated heterocycles. The van der Waals surface area contributed by atoms with Gasteiger partial charge >= 0.3 is 0 Å². The summed E-state index contributed by atoms with van der Waals surface area (Å²) in [5.74, 6) is -7.57. The molecular formula is C17H15F4N3O2. The van der Waals surface area contributed by atoms with Gasteiger partial charge in [0.05, 0.1) is 0 Å². The quantitative estimate of drug-likeness (QED) is 0.629. The molecule has 138 valence electrons. The maximum atomic E-state index is 13.8. The van der Waals surface area contributed by atoms with E-state index in [0.29, 0.717) is 6.54 Å². The Balaban J connectivity index is 2.20. The lowest BCUT2D eigenvalue weighted by atomic mass is 10.1. The molecule has 2 rings (SSSR count). The number of hydrogen-bond donors (Lipinski definition) is 2. The first-order chi connectivity index (χ1) is 12.3.